The average Bonchev–Trinajstić information content (AvgIpc) is 3.15. The van der Waals surface area contributed by atoms with Gasteiger partial charge in [0.1, 0.15) is 6.10 Å². The number of amides is 1. The highest BCUT2D eigenvalue weighted by atomic mass is 16.5. The predicted molar refractivity (Wildman–Crippen MR) is 79.7 cm³/mol. The summed E-state index contributed by atoms with van der Waals surface area (Å²) in [7, 11) is 2.14. The number of rotatable bonds is 4. The second-order valence-electron chi connectivity index (χ2n) is 6.01. The molecule has 3 heterocycles. The lowest BCUT2D eigenvalue weighted by molar-refractivity contribution is -0.130. The Morgan fingerprint density at radius 1 is 1.52 bits per heavy atom. The van der Waals surface area contributed by atoms with Crippen LogP contribution in [0.15, 0.2) is 24.5 Å². The van der Waals surface area contributed by atoms with Crippen LogP contribution in [0.25, 0.3) is 0 Å². The van der Waals surface area contributed by atoms with Gasteiger partial charge in [0.15, 0.2) is 0 Å². The van der Waals surface area contributed by atoms with Crippen molar-refractivity contribution in [1.29, 1.82) is 0 Å². The van der Waals surface area contributed by atoms with E-state index in [2.05, 4.69) is 28.3 Å². The van der Waals surface area contributed by atoms with Crippen LogP contribution in [0, 0.1) is 5.92 Å². The van der Waals surface area contributed by atoms with Crippen LogP contribution in [0.1, 0.15) is 30.9 Å². The van der Waals surface area contributed by atoms with Crippen LogP contribution in [0.4, 0.5) is 0 Å². The van der Waals surface area contributed by atoms with Gasteiger partial charge in [0, 0.05) is 31.6 Å². The summed E-state index contributed by atoms with van der Waals surface area (Å²) in [5.41, 5.74) is 1.23. The van der Waals surface area contributed by atoms with E-state index in [-0.39, 0.29) is 12.0 Å². The average molecular weight is 289 g/mol. The van der Waals surface area contributed by atoms with Crippen LogP contribution in [0.2, 0.25) is 0 Å². The molecule has 1 N–H and O–H groups in total. The van der Waals surface area contributed by atoms with E-state index in [1.54, 1.807) is 6.20 Å². The normalized spacial score (nSPS) is 29.7. The van der Waals surface area contributed by atoms with Crippen LogP contribution >= 0.6 is 0 Å². The summed E-state index contributed by atoms with van der Waals surface area (Å²) in [6, 6.07) is 4.43. The van der Waals surface area contributed by atoms with E-state index >= 15 is 0 Å². The smallest absolute Gasteiger partial charge is 0.249 e. The van der Waals surface area contributed by atoms with E-state index in [1.165, 1.54) is 5.56 Å². The molecule has 21 heavy (non-hydrogen) atoms. The van der Waals surface area contributed by atoms with Crippen LogP contribution in [-0.4, -0.2) is 48.6 Å². The Hall–Kier alpha value is -1.46. The molecule has 0 aliphatic carbocycles. The van der Waals surface area contributed by atoms with Crippen molar-refractivity contribution in [2.75, 3.05) is 26.7 Å². The largest absolute Gasteiger partial charge is 0.368 e. The van der Waals surface area contributed by atoms with E-state index in [0.717, 1.165) is 25.8 Å². The fourth-order valence-corrected chi connectivity index (χ4v) is 3.45. The molecule has 114 valence electrons. The molecule has 2 fully saturated rings. The van der Waals surface area contributed by atoms with Gasteiger partial charge in [0.05, 0.1) is 0 Å². The Balaban J connectivity index is 1.60. The molecule has 3 rings (SSSR count). The lowest BCUT2D eigenvalue weighted by atomic mass is 9.94. The molecule has 5 nitrogen and oxygen atoms in total. The van der Waals surface area contributed by atoms with E-state index < -0.39 is 0 Å². The number of aromatic nitrogens is 1. The molecule has 0 bridgehead atoms. The molecule has 3 atom stereocenters. The van der Waals surface area contributed by atoms with E-state index in [9.17, 15) is 4.79 Å². The number of ether oxygens (including phenoxy) is 1. The van der Waals surface area contributed by atoms with Crippen LogP contribution < -0.4 is 5.32 Å². The minimum absolute atomic E-state index is 0.0481. The monoisotopic (exact) mass is 289 g/mol. The van der Waals surface area contributed by atoms with Crippen molar-refractivity contribution >= 4 is 5.91 Å². The van der Waals surface area contributed by atoms with Crippen molar-refractivity contribution in [2.24, 2.45) is 5.92 Å². The molecule has 5 heteroatoms. The summed E-state index contributed by atoms with van der Waals surface area (Å²) in [6.45, 7) is 2.48. The number of carbonyl (C=O) groups is 1. The molecule has 1 aromatic heterocycles. The third kappa shape index (κ3) is 3.24. The number of likely N-dealkylation sites (tertiary alicyclic amines) is 1. The molecule has 0 unspecified atom stereocenters. The zero-order chi connectivity index (χ0) is 14.7. The van der Waals surface area contributed by atoms with Gasteiger partial charge in [-0.3, -0.25) is 14.7 Å². The highest BCUT2D eigenvalue weighted by molar-refractivity contribution is 5.80. The molecule has 0 aromatic carbocycles. The van der Waals surface area contributed by atoms with Gasteiger partial charge in [0.2, 0.25) is 5.91 Å². The number of nitrogens with one attached hydrogen (secondary N) is 1. The Kier molecular flexibility index (Phi) is 4.51. The lowest BCUT2D eigenvalue weighted by Crippen LogP contribution is -2.38. The Morgan fingerprint density at radius 3 is 3.14 bits per heavy atom. The van der Waals surface area contributed by atoms with Gasteiger partial charge >= 0.3 is 0 Å². The maximum atomic E-state index is 12.1. The predicted octanol–water partition coefficient (Wildman–Crippen LogP) is 1.37. The van der Waals surface area contributed by atoms with Crippen LogP contribution in [0.5, 0.6) is 0 Å². The maximum absolute atomic E-state index is 12.1. The summed E-state index contributed by atoms with van der Waals surface area (Å²) in [5.74, 6) is 0.483. The second kappa shape index (κ2) is 6.54. The standard InChI is InChI=1S/C16H23N3O2/c1-19-8-6-13(15(19)12-4-2-7-17-10-12)11-18-16(20)14-5-3-9-21-14/h2,4,7,10,13-15H,3,5-6,8-9,11H2,1H3,(H,18,20)/t13-,14-,15-/m0/s1. The molecular weight excluding hydrogens is 266 g/mol. The minimum atomic E-state index is -0.235. The maximum Gasteiger partial charge on any atom is 0.249 e. The Morgan fingerprint density at radius 2 is 2.43 bits per heavy atom. The number of pyridine rings is 1. The SMILES string of the molecule is CN1CC[C@@H](CNC(=O)[C@@H]2CCCO2)[C@@H]1c1cccnc1. The summed E-state index contributed by atoms with van der Waals surface area (Å²) in [6.07, 6.45) is 6.43. The Labute approximate surface area is 125 Å². The Bertz CT molecular complexity index is 474. The van der Waals surface area contributed by atoms with Crippen LogP contribution in [0.3, 0.4) is 0 Å². The first-order valence-electron chi connectivity index (χ1n) is 7.75. The highest BCUT2D eigenvalue weighted by Crippen LogP contribution is 2.35. The van der Waals surface area contributed by atoms with Gasteiger partial charge in [-0.1, -0.05) is 6.07 Å². The number of carbonyl (C=O) groups excluding carboxylic acids is 1. The molecule has 0 radical (unpaired) electrons. The summed E-state index contributed by atoms with van der Waals surface area (Å²) in [4.78, 5) is 18.6. The van der Waals surface area contributed by atoms with Crippen molar-refractivity contribution in [1.82, 2.24) is 15.2 Å². The van der Waals surface area contributed by atoms with Gasteiger partial charge in [0.25, 0.3) is 0 Å². The zero-order valence-electron chi connectivity index (χ0n) is 12.5. The summed E-state index contributed by atoms with van der Waals surface area (Å²) in [5, 5.41) is 3.08. The molecule has 2 aliphatic heterocycles. The third-order valence-electron chi connectivity index (χ3n) is 4.56. The van der Waals surface area contributed by atoms with E-state index in [4.69, 9.17) is 4.74 Å². The van der Waals surface area contributed by atoms with Crippen molar-refractivity contribution in [3.8, 4) is 0 Å². The van der Waals surface area contributed by atoms with Gasteiger partial charge in [-0.2, -0.15) is 0 Å². The first-order valence-corrected chi connectivity index (χ1v) is 7.75. The zero-order valence-corrected chi connectivity index (χ0v) is 12.5. The van der Waals surface area contributed by atoms with Crippen molar-refractivity contribution in [2.45, 2.75) is 31.4 Å². The lowest BCUT2D eigenvalue weighted by Gasteiger charge is -2.25. The topological polar surface area (TPSA) is 54.5 Å². The molecule has 2 aliphatic rings. The van der Waals surface area contributed by atoms with Gasteiger partial charge < -0.3 is 10.1 Å². The first kappa shape index (κ1) is 14.5. The molecule has 0 spiro atoms. The fraction of sp³-hybridized carbons (Fsp3) is 0.625. The van der Waals surface area contributed by atoms with Gasteiger partial charge in [-0.15, -0.1) is 0 Å². The summed E-state index contributed by atoms with van der Waals surface area (Å²) >= 11 is 0. The van der Waals surface area contributed by atoms with Gasteiger partial charge in [-0.05, 0) is 50.4 Å². The highest BCUT2D eigenvalue weighted by Gasteiger charge is 2.34. The first-order chi connectivity index (χ1) is 10.3. The second-order valence-corrected chi connectivity index (χ2v) is 6.01. The van der Waals surface area contributed by atoms with Crippen molar-refractivity contribution in [3.05, 3.63) is 30.1 Å². The van der Waals surface area contributed by atoms with Crippen molar-refractivity contribution in [3.63, 3.8) is 0 Å². The van der Waals surface area contributed by atoms with E-state index in [1.807, 2.05) is 12.3 Å². The molecule has 1 amide bonds. The molecule has 2 saturated heterocycles. The fourth-order valence-electron chi connectivity index (χ4n) is 3.45. The molecular formula is C16H23N3O2. The minimum Gasteiger partial charge on any atom is -0.368 e. The quantitative estimate of drug-likeness (QED) is 0.909. The number of hydrogen-bond acceptors (Lipinski definition) is 4. The van der Waals surface area contributed by atoms with Crippen LogP contribution in [-0.2, 0) is 9.53 Å². The third-order valence-corrected chi connectivity index (χ3v) is 4.56. The number of hydrogen-bond donors (Lipinski definition) is 1. The summed E-state index contributed by atoms with van der Waals surface area (Å²) < 4.78 is 5.43. The van der Waals surface area contributed by atoms with Gasteiger partial charge in [-0.25, -0.2) is 0 Å². The number of nitrogens with zero attached hydrogens (tertiary/aromatic N) is 2. The van der Waals surface area contributed by atoms with E-state index in [0.29, 0.717) is 25.1 Å². The molecule has 0 saturated carbocycles. The molecule has 1 aromatic rings. The van der Waals surface area contributed by atoms with Crippen molar-refractivity contribution < 1.29 is 9.53 Å².